The molecular formula is C23H18F2O4. The lowest BCUT2D eigenvalue weighted by atomic mass is 9.92. The van der Waals surface area contributed by atoms with Crippen LogP contribution in [0, 0.1) is 18.6 Å². The van der Waals surface area contributed by atoms with Gasteiger partial charge in [-0.25, -0.2) is 8.78 Å². The number of phenolic OH excluding ortho intramolecular Hbond substituents is 1. The van der Waals surface area contributed by atoms with Crippen LogP contribution in [-0.2, 0) is 0 Å². The molecule has 1 N–H and O–H groups in total. The molecule has 0 aromatic heterocycles. The number of fused-ring (bicyclic) bond motifs is 2. The van der Waals surface area contributed by atoms with Crippen LogP contribution in [0.5, 0.6) is 5.75 Å². The zero-order valence-corrected chi connectivity index (χ0v) is 16.0. The van der Waals surface area contributed by atoms with Gasteiger partial charge in [-0.05, 0) is 24.6 Å². The minimum absolute atomic E-state index is 0.109. The molecule has 0 fully saturated rings. The van der Waals surface area contributed by atoms with Crippen LogP contribution in [0.15, 0.2) is 51.7 Å². The maximum atomic E-state index is 14.2. The van der Waals surface area contributed by atoms with E-state index in [1.165, 1.54) is 6.92 Å². The van der Waals surface area contributed by atoms with Crippen molar-refractivity contribution in [1.82, 2.24) is 0 Å². The van der Waals surface area contributed by atoms with E-state index in [-0.39, 0.29) is 22.5 Å². The topological polar surface area (TPSA) is 67.5 Å². The first-order chi connectivity index (χ1) is 13.9. The number of hydrogen-bond donors (Lipinski definition) is 1. The summed E-state index contributed by atoms with van der Waals surface area (Å²) in [7, 11) is 0. The Morgan fingerprint density at radius 1 is 1.00 bits per heavy atom. The van der Waals surface area contributed by atoms with Crippen LogP contribution >= 0.6 is 0 Å². The smallest absolute Gasteiger partial charge is 0.217 e. The van der Waals surface area contributed by atoms with Gasteiger partial charge in [0.1, 0.15) is 17.6 Å². The highest BCUT2D eigenvalue weighted by Crippen LogP contribution is 2.43. The molecule has 2 aromatic carbocycles. The van der Waals surface area contributed by atoms with Gasteiger partial charge in [0, 0.05) is 33.7 Å². The number of hydrogen-bond acceptors (Lipinski definition) is 4. The lowest BCUT2D eigenvalue weighted by Gasteiger charge is -2.17. The van der Waals surface area contributed by atoms with E-state index in [2.05, 4.69) is 0 Å². The Morgan fingerprint density at radius 2 is 1.66 bits per heavy atom. The molecule has 0 bridgehead atoms. The van der Waals surface area contributed by atoms with Crippen molar-refractivity contribution in [2.24, 2.45) is 0 Å². The molecule has 0 radical (unpaired) electrons. The Morgan fingerprint density at radius 3 is 2.28 bits per heavy atom. The standard InChI is InChI=1S/C21H12F2O4.C2H6/c1-10-20(26)16(23)7-14-19(12-4-2-11(9-24)3-5-12)13-6-15(22)17(25)8-18(13)27-21(10)14;1-2/h2-9,26H,1H3;1-2H3. The first kappa shape index (κ1) is 20.2. The maximum Gasteiger partial charge on any atom is 0.217 e. The summed E-state index contributed by atoms with van der Waals surface area (Å²) in [6, 6.07) is 9.60. The van der Waals surface area contributed by atoms with Crippen molar-refractivity contribution in [3.05, 3.63) is 75.4 Å². The first-order valence-electron chi connectivity index (χ1n) is 9.04. The molecule has 0 spiro atoms. The van der Waals surface area contributed by atoms with Crippen LogP contribution in [0.25, 0.3) is 33.4 Å². The van der Waals surface area contributed by atoms with Crippen molar-refractivity contribution < 1.29 is 23.1 Å². The molecule has 0 saturated heterocycles. The van der Waals surface area contributed by atoms with E-state index in [0.29, 0.717) is 28.4 Å². The van der Waals surface area contributed by atoms with Gasteiger partial charge >= 0.3 is 0 Å². The van der Waals surface area contributed by atoms with Gasteiger partial charge in [-0.2, -0.15) is 0 Å². The normalized spacial score (nSPS) is 10.7. The van der Waals surface area contributed by atoms with Gasteiger partial charge in [0.05, 0.1) is 0 Å². The second kappa shape index (κ2) is 7.83. The van der Waals surface area contributed by atoms with Crippen LogP contribution in [0.3, 0.4) is 0 Å². The molecule has 4 rings (SSSR count). The summed E-state index contributed by atoms with van der Waals surface area (Å²) in [6.07, 6.45) is 0.686. The Balaban J connectivity index is 0.00000117. The monoisotopic (exact) mass is 396 g/mol. The van der Waals surface area contributed by atoms with Crippen LogP contribution in [0.4, 0.5) is 8.78 Å². The largest absolute Gasteiger partial charge is 0.505 e. The van der Waals surface area contributed by atoms with Crippen molar-refractivity contribution in [3.8, 4) is 28.2 Å². The number of benzene rings is 3. The minimum atomic E-state index is -0.959. The quantitative estimate of drug-likeness (QED) is 0.349. The first-order valence-corrected chi connectivity index (χ1v) is 9.04. The van der Waals surface area contributed by atoms with Crippen LogP contribution in [-0.4, -0.2) is 11.4 Å². The lowest BCUT2D eigenvalue weighted by Crippen LogP contribution is -2.07. The van der Waals surface area contributed by atoms with Gasteiger partial charge in [-0.15, -0.1) is 0 Å². The van der Waals surface area contributed by atoms with Gasteiger partial charge in [0.25, 0.3) is 0 Å². The number of phenols is 1. The lowest BCUT2D eigenvalue weighted by molar-refractivity contribution is 0.112. The molecular weight excluding hydrogens is 378 g/mol. The minimum Gasteiger partial charge on any atom is -0.505 e. The van der Waals surface area contributed by atoms with Crippen LogP contribution < -0.4 is 5.43 Å². The summed E-state index contributed by atoms with van der Waals surface area (Å²) < 4.78 is 33.9. The van der Waals surface area contributed by atoms with Gasteiger partial charge in [0.2, 0.25) is 5.43 Å². The molecule has 2 aliphatic rings. The van der Waals surface area contributed by atoms with E-state index >= 15 is 0 Å². The summed E-state index contributed by atoms with van der Waals surface area (Å²) in [6.45, 7) is 5.48. The predicted octanol–water partition coefficient (Wildman–Crippen LogP) is 5.70. The number of aryl methyl sites for hydroxylation is 1. The van der Waals surface area contributed by atoms with E-state index in [4.69, 9.17) is 4.42 Å². The number of halogens is 2. The molecule has 1 aliphatic carbocycles. The number of carbonyl (C=O) groups is 1. The van der Waals surface area contributed by atoms with Gasteiger partial charge in [0.15, 0.2) is 17.4 Å². The highest BCUT2D eigenvalue weighted by Gasteiger charge is 2.22. The molecule has 1 heterocycles. The van der Waals surface area contributed by atoms with E-state index in [0.717, 1.165) is 18.2 Å². The zero-order valence-electron chi connectivity index (χ0n) is 16.0. The average Bonchev–Trinajstić information content (AvgIpc) is 2.74. The molecule has 2 aromatic rings. The van der Waals surface area contributed by atoms with E-state index < -0.39 is 22.8 Å². The van der Waals surface area contributed by atoms with Crippen molar-refractivity contribution in [1.29, 1.82) is 0 Å². The third-order valence-corrected chi connectivity index (χ3v) is 4.56. The highest BCUT2D eigenvalue weighted by atomic mass is 19.1. The van der Waals surface area contributed by atoms with Crippen LogP contribution in [0.2, 0.25) is 0 Å². The number of rotatable bonds is 2. The Bertz CT molecular complexity index is 1240. The van der Waals surface area contributed by atoms with Gasteiger partial charge < -0.3 is 9.52 Å². The van der Waals surface area contributed by atoms with Crippen molar-refractivity contribution >= 4 is 17.3 Å². The summed E-state index contributed by atoms with van der Waals surface area (Å²) in [4.78, 5) is 22.6. The third-order valence-electron chi connectivity index (χ3n) is 4.56. The third kappa shape index (κ3) is 3.38. The average molecular weight is 396 g/mol. The van der Waals surface area contributed by atoms with Crippen LogP contribution in [0.1, 0.15) is 29.8 Å². The van der Waals surface area contributed by atoms with E-state index in [9.17, 15) is 23.5 Å². The van der Waals surface area contributed by atoms with E-state index in [1.807, 2.05) is 13.8 Å². The molecule has 148 valence electrons. The summed E-state index contributed by atoms with van der Waals surface area (Å²) in [5, 5.41) is 10.2. The van der Waals surface area contributed by atoms with Crippen molar-refractivity contribution in [2.45, 2.75) is 20.8 Å². The fourth-order valence-corrected chi connectivity index (χ4v) is 3.18. The highest BCUT2D eigenvalue weighted by molar-refractivity contribution is 6.03. The van der Waals surface area contributed by atoms with Crippen molar-refractivity contribution in [3.63, 3.8) is 0 Å². The number of aldehydes is 1. The summed E-state index contributed by atoms with van der Waals surface area (Å²) >= 11 is 0. The molecule has 4 nitrogen and oxygen atoms in total. The number of carbonyl (C=O) groups excluding carboxylic acids is 1. The zero-order chi connectivity index (χ0) is 21.3. The molecule has 6 heteroatoms. The maximum absolute atomic E-state index is 14.2. The Kier molecular flexibility index (Phi) is 5.46. The second-order valence-electron chi connectivity index (χ2n) is 6.20. The van der Waals surface area contributed by atoms with Crippen molar-refractivity contribution in [2.75, 3.05) is 0 Å². The molecule has 1 aliphatic heterocycles. The molecule has 29 heavy (non-hydrogen) atoms. The van der Waals surface area contributed by atoms with Gasteiger partial charge in [-0.1, -0.05) is 38.1 Å². The Hall–Kier alpha value is -3.54. The molecule has 0 amide bonds. The molecule has 0 atom stereocenters. The second-order valence-corrected chi connectivity index (χ2v) is 6.20. The predicted molar refractivity (Wildman–Crippen MR) is 108 cm³/mol. The SMILES string of the molecule is CC.Cc1c(O)c(F)cc2c(-c3ccc(C=O)cc3)c3cc(F)c(=O)cc-3oc12. The molecule has 0 saturated carbocycles. The molecule has 0 unspecified atom stereocenters. The Labute approximate surface area is 165 Å². The summed E-state index contributed by atoms with van der Waals surface area (Å²) in [5.74, 6) is -2.25. The fraction of sp³-hybridized carbons (Fsp3) is 0.130. The van der Waals surface area contributed by atoms with Gasteiger partial charge in [-0.3, -0.25) is 9.59 Å². The number of aromatic hydroxyl groups is 1. The summed E-state index contributed by atoms with van der Waals surface area (Å²) in [5.41, 5.74) is 1.25. The van der Waals surface area contributed by atoms with E-state index in [1.54, 1.807) is 24.3 Å². The fourth-order valence-electron chi connectivity index (χ4n) is 3.18.